The van der Waals surface area contributed by atoms with E-state index in [0.717, 1.165) is 16.9 Å². The first kappa shape index (κ1) is 19.1. The minimum absolute atomic E-state index is 0.0645. The fourth-order valence-electron chi connectivity index (χ4n) is 2.14. The van der Waals surface area contributed by atoms with Crippen LogP contribution in [0.4, 0.5) is 0 Å². The van der Waals surface area contributed by atoms with Gasteiger partial charge in [0.2, 0.25) is 0 Å². The number of carbonyl (C=O) groups excluding carboxylic acids is 1. The second-order valence-corrected chi connectivity index (χ2v) is 5.47. The van der Waals surface area contributed by atoms with E-state index in [1.807, 2.05) is 44.2 Å². The molecule has 134 valence electrons. The van der Waals surface area contributed by atoms with Crippen molar-refractivity contribution < 1.29 is 19.0 Å². The Morgan fingerprint density at radius 1 is 1.00 bits per heavy atom. The number of benzene rings is 2. The van der Waals surface area contributed by atoms with E-state index in [1.54, 1.807) is 24.3 Å². The minimum atomic E-state index is -0.672. The second kappa shape index (κ2) is 9.90. The van der Waals surface area contributed by atoms with Gasteiger partial charge in [0, 0.05) is 0 Å². The van der Waals surface area contributed by atoms with Crippen LogP contribution in [0.3, 0.4) is 0 Å². The molecule has 2 rings (SSSR count). The normalized spacial score (nSPS) is 10.7. The van der Waals surface area contributed by atoms with Crippen molar-refractivity contribution >= 4 is 12.0 Å². The Balaban J connectivity index is 1.85. The monoisotopic (exact) mass is 351 g/mol. The van der Waals surface area contributed by atoms with E-state index in [9.17, 15) is 10.1 Å². The predicted octanol–water partition coefficient (Wildman–Crippen LogP) is 3.92. The van der Waals surface area contributed by atoms with E-state index >= 15 is 0 Å². The van der Waals surface area contributed by atoms with Crippen molar-refractivity contribution in [3.8, 4) is 17.6 Å². The molecular weight excluding hydrogens is 330 g/mol. The van der Waals surface area contributed by atoms with Crippen LogP contribution in [0.1, 0.15) is 18.1 Å². The van der Waals surface area contributed by atoms with Gasteiger partial charge in [0.1, 0.15) is 36.4 Å². The van der Waals surface area contributed by atoms with E-state index in [2.05, 4.69) is 0 Å². The predicted molar refractivity (Wildman–Crippen MR) is 98.8 cm³/mol. The summed E-state index contributed by atoms with van der Waals surface area (Å²) in [6.45, 7) is 4.76. The third-order valence-corrected chi connectivity index (χ3v) is 3.45. The average Bonchev–Trinajstić information content (AvgIpc) is 2.66. The lowest BCUT2D eigenvalue weighted by Gasteiger charge is -2.07. The Hall–Kier alpha value is -3.26. The zero-order valence-corrected chi connectivity index (χ0v) is 14.9. The van der Waals surface area contributed by atoms with E-state index in [1.165, 1.54) is 6.08 Å². The van der Waals surface area contributed by atoms with Gasteiger partial charge in [-0.25, -0.2) is 4.79 Å². The summed E-state index contributed by atoms with van der Waals surface area (Å²) in [5.74, 6) is 0.768. The largest absolute Gasteiger partial charge is 0.494 e. The van der Waals surface area contributed by atoms with Crippen molar-refractivity contribution in [3.05, 3.63) is 65.2 Å². The number of rotatable bonds is 8. The smallest absolute Gasteiger partial charge is 0.349 e. The standard InChI is InChI=1S/C21H21NO4/c1-3-24-19-10-6-17(7-11-19)14-18(15-22)21(23)26-13-12-25-20-8-4-16(2)5-9-20/h4-11,14H,3,12-13H2,1-2H3/b18-14+. The maximum atomic E-state index is 12.0. The molecule has 5 nitrogen and oxygen atoms in total. The highest BCUT2D eigenvalue weighted by molar-refractivity contribution is 5.97. The number of hydrogen-bond acceptors (Lipinski definition) is 5. The van der Waals surface area contributed by atoms with Crippen molar-refractivity contribution in [2.45, 2.75) is 13.8 Å². The van der Waals surface area contributed by atoms with Crippen LogP contribution in [0, 0.1) is 18.3 Å². The zero-order chi connectivity index (χ0) is 18.8. The van der Waals surface area contributed by atoms with Gasteiger partial charge in [-0.15, -0.1) is 0 Å². The van der Waals surface area contributed by atoms with Gasteiger partial charge in [0.15, 0.2) is 0 Å². The number of hydrogen-bond donors (Lipinski definition) is 0. The van der Waals surface area contributed by atoms with E-state index in [-0.39, 0.29) is 18.8 Å². The van der Waals surface area contributed by atoms with Crippen molar-refractivity contribution in [2.75, 3.05) is 19.8 Å². The summed E-state index contributed by atoms with van der Waals surface area (Å²) in [6.07, 6.45) is 1.49. The molecule has 2 aromatic carbocycles. The molecule has 0 atom stereocenters. The van der Waals surface area contributed by atoms with Crippen LogP contribution < -0.4 is 9.47 Å². The number of carbonyl (C=O) groups is 1. The highest BCUT2D eigenvalue weighted by Crippen LogP contribution is 2.15. The lowest BCUT2D eigenvalue weighted by molar-refractivity contribution is -0.139. The summed E-state index contributed by atoms with van der Waals surface area (Å²) in [5, 5.41) is 9.18. The molecular formula is C21H21NO4. The molecule has 0 aliphatic heterocycles. The third kappa shape index (κ3) is 5.99. The summed E-state index contributed by atoms with van der Waals surface area (Å²) in [6, 6.07) is 16.6. The molecule has 26 heavy (non-hydrogen) atoms. The third-order valence-electron chi connectivity index (χ3n) is 3.45. The molecule has 0 heterocycles. The first-order valence-electron chi connectivity index (χ1n) is 8.33. The van der Waals surface area contributed by atoms with Gasteiger partial charge in [-0.1, -0.05) is 29.8 Å². The minimum Gasteiger partial charge on any atom is -0.494 e. The molecule has 0 aliphatic carbocycles. The molecule has 0 fully saturated rings. The van der Waals surface area contributed by atoms with Crippen LogP contribution in [-0.2, 0) is 9.53 Å². The topological polar surface area (TPSA) is 68.5 Å². The van der Waals surface area contributed by atoms with Gasteiger partial charge in [-0.2, -0.15) is 5.26 Å². The highest BCUT2D eigenvalue weighted by Gasteiger charge is 2.10. The van der Waals surface area contributed by atoms with Gasteiger partial charge in [0.25, 0.3) is 0 Å². The Kier molecular flexibility index (Phi) is 7.26. The van der Waals surface area contributed by atoms with Gasteiger partial charge >= 0.3 is 5.97 Å². The van der Waals surface area contributed by atoms with Crippen molar-refractivity contribution in [3.63, 3.8) is 0 Å². The first-order valence-corrected chi connectivity index (χ1v) is 8.33. The highest BCUT2D eigenvalue weighted by atomic mass is 16.6. The van der Waals surface area contributed by atoms with Crippen molar-refractivity contribution in [2.24, 2.45) is 0 Å². The molecule has 0 unspecified atom stereocenters. The van der Waals surface area contributed by atoms with Gasteiger partial charge < -0.3 is 14.2 Å². The molecule has 0 spiro atoms. The molecule has 0 aliphatic rings. The van der Waals surface area contributed by atoms with E-state index in [4.69, 9.17) is 14.2 Å². The summed E-state index contributed by atoms with van der Waals surface area (Å²) in [4.78, 5) is 12.0. The van der Waals surface area contributed by atoms with E-state index < -0.39 is 5.97 Å². The van der Waals surface area contributed by atoms with Crippen LogP contribution in [0.2, 0.25) is 0 Å². The Labute approximate surface area is 153 Å². The van der Waals surface area contributed by atoms with E-state index in [0.29, 0.717) is 12.4 Å². The van der Waals surface area contributed by atoms with Gasteiger partial charge in [-0.3, -0.25) is 0 Å². The number of nitrogens with zero attached hydrogens (tertiary/aromatic N) is 1. The van der Waals surface area contributed by atoms with Crippen LogP contribution in [0.25, 0.3) is 6.08 Å². The Morgan fingerprint density at radius 2 is 1.62 bits per heavy atom. The number of nitriles is 1. The summed E-state index contributed by atoms with van der Waals surface area (Å²) >= 11 is 0. The van der Waals surface area contributed by atoms with Crippen LogP contribution in [-0.4, -0.2) is 25.8 Å². The quantitative estimate of drug-likeness (QED) is 0.312. The Bertz CT molecular complexity index is 786. The SMILES string of the molecule is CCOc1ccc(/C=C(\C#N)C(=O)OCCOc2ccc(C)cc2)cc1. The maximum Gasteiger partial charge on any atom is 0.349 e. The average molecular weight is 351 g/mol. The molecule has 0 amide bonds. The maximum absolute atomic E-state index is 12.0. The molecule has 0 radical (unpaired) electrons. The fourth-order valence-corrected chi connectivity index (χ4v) is 2.14. The zero-order valence-electron chi connectivity index (χ0n) is 14.9. The van der Waals surface area contributed by atoms with Crippen molar-refractivity contribution in [1.82, 2.24) is 0 Å². The second-order valence-electron chi connectivity index (χ2n) is 5.47. The summed E-state index contributed by atoms with van der Waals surface area (Å²) in [5.41, 5.74) is 1.80. The van der Waals surface area contributed by atoms with Crippen LogP contribution in [0.5, 0.6) is 11.5 Å². The summed E-state index contributed by atoms with van der Waals surface area (Å²) in [7, 11) is 0. The number of esters is 1. The van der Waals surface area contributed by atoms with Crippen molar-refractivity contribution in [1.29, 1.82) is 5.26 Å². The lowest BCUT2D eigenvalue weighted by atomic mass is 10.1. The number of ether oxygens (including phenoxy) is 3. The fraction of sp³-hybridized carbons (Fsp3) is 0.238. The molecule has 2 aromatic rings. The van der Waals surface area contributed by atoms with Gasteiger partial charge in [0.05, 0.1) is 6.61 Å². The lowest BCUT2D eigenvalue weighted by Crippen LogP contribution is -2.13. The molecule has 5 heteroatoms. The first-order chi connectivity index (χ1) is 12.6. The van der Waals surface area contributed by atoms with Crippen LogP contribution in [0.15, 0.2) is 54.1 Å². The number of aryl methyl sites for hydroxylation is 1. The molecule has 0 saturated heterocycles. The molecule has 0 aromatic heterocycles. The molecule has 0 saturated carbocycles. The molecule has 0 N–H and O–H groups in total. The van der Waals surface area contributed by atoms with Gasteiger partial charge in [-0.05, 0) is 49.8 Å². The summed E-state index contributed by atoms with van der Waals surface area (Å²) < 4.78 is 15.9. The Morgan fingerprint density at radius 3 is 2.23 bits per heavy atom. The molecule has 0 bridgehead atoms. The van der Waals surface area contributed by atoms with Crippen LogP contribution >= 0.6 is 0 Å².